The van der Waals surface area contributed by atoms with Crippen LogP contribution in [-0.4, -0.2) is 41.2 Å². The van der Waals surface area contributed by atoms with Crippen LogP contribution in [0, 0.1) is 12.7 Å². The Labute approximate surface area is 203 Å². The van der Waals surface area contributed by atoms with Crippen LogP contribution in [-0.2, 0) is 0 Å². The van der Waals surface area contributed by atoms with Gasteiger partial charge in [0.2, 0.25) is 0 Å². The van der Waals surface area contributed by atoms with Crippen molar-refractivity contribution in [3.63, 3.8) is 0 Å². The molecule has 0 atom stereocenters. The molecule has 6 aromatic heterocycles. The van der Waals surface area contributed by atoms with E-state index in [1.807, 2.05) is 32.0 Å². The van der Waals surface area contributed by atoms with Crippen molar-refractivity contribution in [1.29, 1.82) is 0 Å². The summed E-state index contributed by atoms with van der Waals surface area (Å²) in [4.78, 5) is 23.4. The molecular weight excluding hydrogens is 463 g/mol. The minimum atomic E-state index is -0.484. The van der Waals surface area contributed by atoms with Crippen molar-refractivity contribution in [2.24, 2.45) is 0 Å². The van der Waals surface area contributed by atoms with Crippen molar-refractivity contribution in [3.05, 3.63) is 59.7 Å². The normalized spacial score (nSPS) is 11.7. The first-order chi connectivity index (χ1) is 17.0. The number of aryl methyl sites for hydroxylation is 1. The first kappa shape index (κ1) is 21.4. The number of imidazole rings is 1. The zero-order valence-corrected chi connectivity index (χ0v) is 20.0. The minimum Gasteiger partial charge on any atom is -0.382 e. The van der Waals surface area contributed by atoms with Crippen LogP contribution in [0.25, 0.3) is 55.3 Å². The zero-order chi connectivity index (χ0) is 24.1. The largest absolute Gasteiger partial charge is 0.382 e. The Balaban J connectivity index is 1.49. The summed E-state index contributed by atoms with van der Waals surface area (Å²) in [6.07, 6.45) is 6.63. The average molecular weight is 485 g/mol. The predicted octanol–water partition coefficient (Wildman–Crippen LogP) is 5.95. The quantitative estimate of drug-likeness (QED) is 0.279. The molecule has 174 valence electrons. The van der Waals surface area contributed by atoms with Gasteiger partial charge in [0.1, 0.15) is 22.6 Å². The number of rotatable bonds is 5. The van der Waals surface area contributed by atoms with Crippen molar-refractivity contribution in [2.45, 2.75) is 26.8 Å². The van der Waals surface area contributed by atoms with Gasteiger partial charge in [-0.1, -0.05) is 0 Å². The Morgan fingerprint density at radius 3 is 2.69 bits per heavy atom. The summed E-state index contributed by atoms with van der Waals surface area (Å²) in [6, 6.07) is 8.01. The fourth-order valence-electron chi connectivity index (χ4n) is 4.12. The molecule has 6 aromatic rings. The van der Waals surface area contributed by atoms with Crippen molar-refractivity contribution in [1.82, 2.24) is 35.1 Å². The van der Waals surface area contributed by atoms with Crippen molar-refractivity contribution < 1.29 is 4.39 Å². The standard InChI is InChI=1S/C25H21FN8S/c1-12(2)30-15-8-14(9-27-10-15)21-20(26)19-17(11-29-21)33-34-24(19)25-31-16-6-7-28-23(22(16)32-25)18-5-4-13(3)35-18/h4-12,30H,1-3H3,(H,31,32)(H,33,34). The highest BCUT2D eigenvalue weighted by Crippen LogP contribution is 2.35. The first-order valence-electron chi connectivity index (χ1n) is 11.1. The van der Waals surface area contributed by atoms with Gasteiger partial charge in [-0.15, -0.1) is 11.3 Å². The van der Waals surface area contributed by atoms with Crippen LogP contribution in [0.3, 0.4) is 0 Å². The number of halogens is 1. The topological polar surface area (TPSA) is 108 Å². The highest BCUT2D eigenvalue weighted by molar-refractivity contribution is 7.15. The van der Waals surface area contributed by atoms with Gasteiger partial charge in [0.25, 0.3) is 0 Å². The summed E-state index contributed by atoms with van der Waals surface area (Å²) in [5.74, 6) is -0.0272. The number of aromatic nitrogens is 7. The number of H-pyrrole nitrogens is 2. The number of aromatic amines is 2. The van der Waals surface area contributed by atoms with E-state index in [0.29, 0.717) is 33.5 Å². The lowest BCUT2D eigenvalue weighted by Crippen LogP contribution is -2.09. The molecule has 35 heavy (non-hydrogen) atoms. The van der Waals surface area contributed by atoms with E-state index >= 15 is 4.39 Å². The molecule has 6 heterocycles. The Morgan fingerprint density at radius 2 is 1.89 bits per heavy atom. The third-order valence-electron chi connectivity index (χ3n) is 5.61. The number of fused-ring (bicyclic) bond motifs is 2. The van der Waals surface area contributed by atoms with Crippen LogP contribution in [0.4, 0.5) is 10.1 Å². The lowest BCUT2D eigenvalue weighted by Gasteiger charge is -2.11. The molecule has 0 aromatic carbocycles. The molecule has 0 radical (unpaired) electrons. The van der Waals surface area contributed by atoms with Gasteiger partial charge < -0.3 is 10.3 Å². The molecule has 10 heteroatoms. The molecule has 0 amide bonds. The molecule has 3 N–H and O–H groups in total. The van der Waals surface area contributed by atoms with Crippen LogP contribution in [0.5, 0.6) is 0 Å². The summed E-state index contributed by atoms with van der Waals surface area (Å²) in [5, 5.41) is 10.9. The minimum absolute atomic E-state index is 0.201. The lowest BCUT2D eigenvalue weighted by molar-refractivity contribution is 0.638. The van der Waals surface area contributed by atoms with Gasteiger partial charge in [0.05, 0.1) is 33.2 Å². The fraction of sp³-hybridized carbons (Fsp3) is 0.160. The first-order valence-corrected chi connectivity index (χ1v) is 12.0. The molecule has 0 aliphatic carbocycles. The van der Waals surface area contributed by atoms with E-state index < -0.39 is 5.82 Å². The van der Waals surface area contributed by atoms with Crippen LogP contribution in [0.2, 0.25) is 0 Å². The van der Waals surface area contributed by atoms with Crippen LogP contribution < -0.4 is 5.32 Å². The maximum absolute atomic E-state index is 15.9. The highest BCUT2D eigenvalue weighted by atomic mass is 32.1. The molecule has 0 bridgehead atoms. The van der Waals surface area contributed by atoms with Gasteiger partial charge in [-0.05, 0) is 45.0 Å². The van der Waals surface area contributed by atoms with Gasteiger partial charge in [-0.25, -0.2) is 9.37 Å². The summed E-state index contributed by atoms with van der Waals surface area (Å²) in [7, 11) is 0. The van der Waals surface area contributed by atoms with Crippen molar-refractivity contribution in [2.75, 3.05) is 5.32 Å². The molecule has 0 fully saturated rings. The third kappa shape index (κ3) is 3.71. The molecule has 0 aliphatic rings. The maximum Gasteiger partial charge on any atom is 0.161 e. The van der Waals surface area contributed by atoms with E-state index in [1.54, 1.807) is 36.1 Å². The maximum atomic E-state index is 15.9. The second-order valence-corrected chi connectivity index (χ2v) is 9.88. The fourth-order valence-corrected chi connectivity index (χ4v) is 4.98. The summed E-state index contributed by atoms with van der Waals surface area (Å²) < 4.78 is 15.9. The van der Waals surface area contributed by atoms with E-state index in [2.05, 4.69) is 48.4 Å². The van der Waals surface area contributed by atoms with Crippen molar-refractivity contribution >= 4 is 39.0 Å². The van der Waals surface area contributed by atoms with Crippen molar-refractivity contribution in [3.8, 4) is 33.3 Å². The zero-order valence-electron chi connectivity index (χ0n) is 19.2. The molecule has 0 spiro atoms. The van der Waals surface area contributed by atoms with Crippen LogP contribution in [0.1, 0.15) is 18.7 Å². The Morgan fingerprint density at radius 1 is 1.00 bits per heavy atom. The van der Waals surface area contributed by atoms with Gasteiger partial charge in [-0.2, -0.15) is 5.10 Å². The average Bonchev–Trinajstić information content (AvgIpc) is 3.56. The van der Waals surface area contributed by atoms with Gasteiger partial charge in [0, 0.05) is 35.1 Å². The van der Waals surface area contributed by atoms with E-state index in [1.165, 1.54) is 4.88 Å². The number of nitrogens with one attached hydrogen (secondary N) is 3. The Bertz CT molecular complexity index is 1700. The molecule has 0 saturated carbocycles. The summed E-state index contributed by atoms with van der Waals surface area (Å²) >= 11 is 1.65. The highest BCUT2D eigenvalue weighted by Gasteiger charge is 2.21. The second-order valence-electron chi connectivity index (χ2n) is 8.59. The Kier molecular flexibility index (Phi) is 5.03. The van der Waals surface area contributed by atoms with E-state index in [4.69, 9.17) is 4.98 Å². The molecule has 0 aliphatic heterocycles. The molecule has 0 saturated heterocycles. The SMILES string of the molecule is Cc1ccc(-c2nccc3[nH]c(-c4n[nH]c5cnc(-c6cncc(NC(C)C)c6)c(F)c45)nc23)s1. The number of hydrogen-bond acceptors (Lipinski definition) is 7. The molecule has 0 unspecified atom stereocenters. The van der Waals surface area contributed by atoms with E-state index in [-0.39, 0.29) is 11.7 Å². The van der Waals surface area contributed by atoms with Crippen LogP contribution >= 0.6 is 11.3 Å². The molecular formula is C25H21FN8S. The number of thiophene rings is 1. The second kappa shape index (κ2) is 8.24. The number of pyridine rings is 3. The number of hydrogen-bond donors (Lipinski definition) is 3. The summed E-state index contributed by atoms with van der Waals surface area (Å²) in [5.41, 5.74) is 4.75. The van der Waals surface area contributed by atoms with E-state index in [0.717, 1.165) is 21.8 Å². The lowest BCUT2D eigenvalue weighted by atomic mass is 10.1. The smallest absolute Gasteiger partial charge is 0.161 e. The summed E-state index contributed by atoms with van der Waals surface area (Å²) in [6.45, 7) is 6.12. The van der Waals surface area contributed by atoms with Gasteiger partial charge in [-0.3, -0.25) is 20.1 Å². The Hall–Kier alpha value is -4.18. The van der Waals surface area contributed by atoms with Gasteiger partial charge in [0.15, 0.2) is 11.6 Å². The number of nitrogens with zero attached hydrogens (tertiary/aromatic N) is 5. The monoisotopic (exact) mass is 484 g/mol. The molecule has 6 rings (SSSR count). The van der Waals surface area contributed by atoms with Gasteiger partial charge >= 0.3 is 0 Å². The number of anilines is 1. The molecule has 8 nitrogen and oxygen atoms in total. The third-order valence-corrected chi connectivity index (χ3v) is 6.62. The predicted molar refractivity (Wildman–Crippen MR) is 137 cm³/mol. The van der Waals surface area contributed by atoms with Crippen LogP contribution in [0.15, 0.2) is 49.1 Å². The van der Waals surface area contributed by atoms with E-state index in [9.17, 15) is 0 Å².